The number of rotatable bonds is 5. The molecular formula is C24H28Cl2N2O2. The zero-order chi connectivity index (χ0) is 21.8. The standard InChI is InChI=1S/C24H28Cl2N2O2/c1-15(2)28(3)24(30)18-6-4-16(5-7-18)17-8-11-20(12-9-17)27-23(29)19-10-13-21(25)22(26)14-19/h8-16,18H,4-7H2,1-3H3,(H,27,29)/t16-,18-. The first kappa shape index (κ1) is 22.6. The Morgan fingerprint density at radius 2 is 1.60 bits per heavy atom. The molecule has 4 nitrogen and oxygen atoms in total. The number of halogens is 2. The summed E-state index contributed by atoms with van der Waals surface area (Å²) in [6.07, 6.45) is 3.88. The van der Waals surface area contributed by atoms with Gasteiger partial charge in [0.05, 0.1) is 10.0 Å². The van der Waals surface area contributed by atoms with Crippen LogP contribution in [0, 0.1) is 5.92 Å². The summed E-state index contributed by atoms with van der Waals surface area (Å²) in [6.45, 7) is 4.09. The largest absolute Gasteiger partial charge is 0.343 e. The quantitative estimate of drug-likeness (QED) is 0.578. The first-order chi connectivity index (χ1) is 14.3. The predicted octanol–water partition coefficient (Wildman–Crippen LogP) is 6.39. The molecule has 0 aliphatic heterocycles. The third-order valence-electron chi connectivity index (χ3n) is 6.02. The van der Waals surface area contributed by atoms with Crippen molar-refractivity contribution in [3.8, 4) is 0 Å². The monoisotopic (exact) mass is 446 g/mol. The van der Waals surface area contributed by atoms with Gasteiger partial charge in [-0.15, -0.1) is 0 Å². The SMILES string of the molecule is CC(C)N(C)C(=O)[C@H]1CC[C@H](c2ccc(NC(=O)c3ccc(Cl)c(Cl)c3)cc2)CC1. The van der Waals surface area contributed by atoms with Crippen LogP contribution in [0.2, 0.25) is 10.0 Å². The molecule has 0 radical (unpaired) electrons. The lowest BCUT2D eigenvalue weighted by molar-refractivity contribution is -0.136. The van der Waals surface area contributed by atoms with Gasteiger partial charge in [-0.2, -0.15) is 0 Å². The highest BCUT2D eigenvalue weighted by Crippen LogP contribution is 2.37. The molecule has 2 amide bonds. The van der Waals surface area contributed by atoms with Crippen LogP contribution in [0.4, 0.5) is 5.69 Å². The topological polar surface area (TPSA) is 49.4 Å². The van der Waals surface area contributed by atoms with Crippen molar-refractivity contribution in [2.24, 2.45) is 5.92 Å². The van der Waals surface area contributed by atoms with Crippen LogP contribution in [0.1, 0.15) is 61.4 Å². The Kier molecular flexibility index (Phi) is 7.43. The molecule has 2 aromatic rings. The van der Waals surface area contributed by atoms with Gasteiger partial charge in [-0.3, -0.25) is 9.59 Å². The summed E-state index contributed by atoms with van der Waals surface area (Å²) in [5.74, 6) is 0.634. The first-order valence-corrected chi connectivity index (χ1v) is 11.1. The number of amides is 2. The lowest BCUT2D eigenvalue weighted by atomic mass is 9.78. The summed E-state index contributed by atoms with van der Waals surface area (Å²) >= 11 is 11.9. The highest BCUT2D eigenvalue weighted by molar-refractivity contribution is 6.42. The summed E-state index contributed by atoms with van der Waals surface area (Å²) in [5, 5.41) is 3.67. The molecule has 6 heteroatoms. The fraction of sp³-hybridized carbons (Fsp3) is 0.417. The van der Waals surface area contributed by atoms with Crippen LogP contribution < -0.4 is 5.32 Å². The van der Waals surface area contributed by atoms with Gasteiger partial charge < -0.3 is 10.2 Å². The number of benzene rings is 2. The van der Waals surface area contributed by atoms with Crippen LogP contribution >= 0.6 is 23.2 Å². The predicted molar refractivity (Wildman–Crippen MR) is 123 cm³/mol. The molecule has 0 bridgehead atoms. The van der Waals surface area contributed by atoms with Crippen molar-refractivity contribution in [2.45, 2.75) is 51.5 Å². The fourth-order valence-corrected chi connectivity index (χ4v) is 4.19. The maximum atomic E-state index is 12.6. The van der Waals surface area contributed by atoms with E-state index < -0.39 is 0 Å². The highest BCUT2D eigenvalue weighted by Gasteiger charge is 2.29. The fourth-order valence-electron chi connectivity index (χ4n) is 3.90. The Hall–Kier alpha value is -2.04. The second-order valence-corrected chi connectivity index (χ2v) is 9.11. The van der Waals surface area contributed by atoms with Crippen molar-refractivity contribution in [1.82, 2.24) is 4.90 Å². The molecule has 1 N–H and O–H groups in total. The van der Waals surface area contributed by atoms with Crippen molar-refractivity contribution in [3.05, 3.63) is 63.6 Å². The van der Waals surface area contributed by atoms with E-state index in [4.69, 9.17) is 23.2 Å². The van der Waals surface area contributed by atoms with Crippen LogP contribution in [0.15, 0.2) is 42.5 Å². The van der Waals surface area contributed by atoms with Crippen molar-refractivity contribution < 1.29 is 9.59 Å². The Balaban J connectivity index is 1.56. The summed E-state index contributed by atoms with van der Waals surface area (Å²) in [7, 11) is 1.89. The molecule has 1 fully saturated rings. The van der Waals surface area contributed by atoms with E-state index in [2.05, 4.69) is 17.4 Å². The molecule has 0 heterocycles. The van der Waals surface area contributed by atoms with Gasteiger partial charge in [0.15, 0.2) is 0 Å². The maximum Gasteiger partial charge on any atom is 0.255 e. The van der Waals surface area contributed by atoms with Gasteiger partial charge in [-0.1, -0.05) is 35.3 Å². The lowest BCUT2D eigenvalue weighted by Gasteiger charge is -2.32. The molecule has 0 aromatic heterocycles. The van der Waals surface area contributed by atoms with E-state index in [1.165, 1.54) is 5.56 Å². The van der Waals surface area contributed by atoms with Gasteiger partial charge in [-0.05, 0) is 81.3 Å². The smallest absolute Gasteiger partial charge is 0.255 e. The third kappa shape index (κ3) is 5.35. The average molecular weight is 447 g/mol. The Labute approximate surface area is 188 Å². The number of nitrogens with zero attached hydrogens (tertiary/aromatic N) is 1. The maximum absolute atomic E-state index is 12.6. The molecule has 1 aliphatic rings. The Morgan fingerprint density at radius 1 is 0.967 bits per heavy atom. The van der Waals surface area contributed by atoms with E-state index in [-0.39, 0.29) is 23.8 Å². The minimum atomic E-state index is -0.227. The van der Waals surface area contributed by atoms with Crippen molar-refractivity contribution in [3.63, 3.8) is 0 Å². The lowest BCUT2D eigenvalue weighted by Crippen LogP contribution is -2.38. The van der Waals surface area contributed by atoms with Crippen molar-refractivity contribution >= 4 is 40.7 Å². The van der Waals surface area contributed by atoms with Crippen LogP contribution in [0.3, 0.4) is 0 Å². The number of hydrogen-bond donors (Lipinski definition) is 1. The minimum Gasteiger partial charge on any atom is -0.343 e. The number of carbonyl (C=O) groups is 2. The summed E-state index contributed by atoms with van der Waals surface area (Å²) in [6, 6.07) is 13.0. The van der Waals surface area contributed by atoms with Gasteiger partial charge in [0, 0.05) is 30.3 Å². The second-order valence-electron chi connectivity index (χ2n) is 8.30. The van der Waals surface area contributed by atoms with Crippen LogP contribution in [0.5, 0.6) is 0 Å². The van der Waals surface area contributed by atoms with E-state index in [1.807, 2.05) is 37.9 Å². The summed E-state index contributed by atoms with van der Waals surface area (Å²) < 4.78 is 0. The van der Waals surface area contributed by atoms with Gasteiger partial charge in [-0.25, -0.2) is 0 Å². The van der Waals surface area contributed by atoms with E-state index in [9.17, 15) is 9.59 Å². The third-order valence-corrected chi connectivity index (χ3v) is 6.76. The minimum absolute atomic E-state index is 0.137. The molecule has 0 saturated heterocycles. The summed E-state index contributed by atoms with van der Waals surface area (Å²) in [5.41, 5.74) is 2.45. The molecule has 3 rings (SSSR count). The number of anilines is 1. The zero-order valence-corrected chi connectivity index (χ0v) is 19.1. The number of carbonyl (C=O) groups excluding carboxylic acids is 2. The molecular weight excluding hydrogens is 419 g/mol. The average Bonchev–Trinajstić information content (AvgIpc) is 2.75. The summed E-state index contributed by atoms with van der Waals surface area (Å²) in [4.78, 5) is 26.8. The van der Waals surface area contributed by atoms with Gasteiger partial charge in [0.2, 0.25) is 5.91 Å². The van der Waals surface area contributed by atoms with Crippen LogP contribution in [-0.2, 0) is 4.79 Å². The second kappa shape index (κ2) is 9.84. The normalized spacial score (nSPS) is 18.9. The van der Waals surface area contributed by atoms with E-state index in [0.29, 0.717) is 21.5 Å². The van der Waals surface area contributed by atoms with Gasteiger partial charge in [0.25, 0.3) is 5.91 Å². The van der Waals surface area contributed by atoms with E-state index in [0.717, 1.165) is 31.4 Å². The Bertz CT molecular complexity index is 904. The molecule has 1 saturated carbocycles. The van der Waals surface area contributed by atoms with E-state index in [1.54, 1.807) is 18.2 Å². The molecule has 2 aromatic carbocycles. The molecule has 0 atom stereocenters. The molecule has 0 spiro atoms. The number of nitrogens with one attached hydrogen (secondary N) is 1. The van der Waals surface area contributed by atoms with Gasteiger partial charge in [0.1, 0.15) is 0 Å². The van der Waals surface area contributed by atoms with Crippen molar-refractivity contribution in [1.29, 1.82) is 0 Å². The molecule has 1 aliphatic carbocycles. The number of hydrogen-bond acceptors (Lipinski definition) is 2. The molecule has 0 unspecified atom stereocenters. The zero-order valence-electron chi connectivity index (χ0n) is 17.6. The van der Waals surface area contributed by atoms with Gasteiger partial charge >= 0.3 is 0 Å². The van der Waals surface area contributed by atoms with Crippen molar-refractivity contribution in [2.75, 3.05) is 12.4 Å². The van der Waals surface area contributed by atoms with Crippen LogP contribution in [-0.4, -0.2) is 29.8 Å². The Morgan fingerprint density at radius 3 is 2.17 bits per heavy atom. The van der Waals surface area contributed by atoms with Crippen LogP contribution in [0.25, 0.3) is 0 Å². The van der Waals surface area contributed by atoms with E-state index >= 15 is 0 Å². The highest BCUT2D eigenvalue weighted by atomic mass is 35.5. The molecule has 30 heavy (non-hydrogen) atoms. The first-order valence-electron chi connectivity index (χ1n) is 10.4. The molecule has 160 valence electrons.